The minimum atomic E-state index is -0.533. The largest absolute Gasteiger partial charge is 0.493 e. The van der Waals surface area contributed by atoms with Crippen LogP contribution < -0.4 is 24.4 Å². The fraction of sp³-hybridized carbons (Fsp3) is 0.148. The number of methoxy groups -OCH3 is 2. The maximum absolute atomic E-state index is 12.4. The van der Waals surface area contributed by atoms with E-state index in [0.29, 0.717) is 40.5 Å². The van der Waals surface area contributed by atoms with Crippen molar-refractivity contribution in [1.29, 1.82) is 0 Å². The summed E-state index contributed by atoms with van der Waals surface area (Å²) < 4.78 is 21.4. The average Bonchev–Trinajstić information content (AvgIpc) is 2.89. The van der Waals surface area contributed by atoms with Crippen LogP contribution in [0.25, 0.3) is 0 Å². The first-order valence-electron chi connectivity index (χ1n) is 10.7. The number of hydrazone groups is 1. The molecule has 3 aromatic rings. The highest BCUT2D eigenvalue weighted by atomic mass is 16.5. The molecular formula is C27H26N2O6. The quantitative estimate of drug-likeness (QED) is 0.147. The summed E-state index contributed by atoms with van der Waals surface area (Å²) in [6, 6.07) is 18.9. The van der Waals surface area contributed by atoms with Crippen LogP contribution in [0.1, 0.15) is 21.5 Å². The number of esters is 1. The molecule has 0 heterocycles. The van der Waals surface area contributed by atoms with Crippen LogP contribution in [0.15, 0.2) is 84.5 Å². The number of nitrogens with one attached hydrogen (secondary N) is 1. The Morgan fingerprint density at radius 1 is 0.943 bits per heavy atom. The highest BCUT2D eigenvalue weighted by Gasteiger charge is 2.13. The Morgan fingerprint density at radius 3 is 2.40 bits per heavy atom. The molecule has 0 saturated heterocycles. The van der Waals surface area contributed by atoms with Crippen molar-refractivity contribution in [3.05, 3.63) is 96.1 Å². The SMILES string of the molecule is C=CCc1ccccc1OCC(=O)N/N=C/c1ccc(OC(=O)c2ccc(OC)c(OC)c2)cc1. The fourth-order valence-corrected chi connectivity index (χ4v) is 3.07. The number of amides is 1. The Labute approximate surface area is 203 Å². The number of carbonyl (C=O) groups is 2. The molecule has 3 rings (SSSR count). The molecule has 8 nitrogen and oxygen atoms in total. The Balaban J connectivity index is 1.50. The number of ether oxygens (including phenoxy) is 4. The predicted octanol–water partition coefficient (Wildman–Crippen LogP) is 4.18. The third kappa shape index (κ3) is 7.20. The standard InChI is InChI=1S/C27H26N2O6/c1-4-7-20-8-5-6-9-23(20)34-18-26(30)29-28-17-19-10-13-22(14-11-19)35-27(31)21-12-15-24(32-2)25(16-21)33-3/h4-6,8-17H,1,7,18H2,2-3H3,(H,29,30)/b28-17+. The molecule has 0 unspecified atom stereocenters. The third-order valence-electron chi connectivity index (χ3n) is 4.81. The van der Waals surface area contributed by atoms with E-state index in [2.05, 4.69) is 17.1 Å². The molecule has 180 valence electrons. The normalized spacial score (nSPS) is 10.5. The van der Waals surface area contributed by atoms with E-state index in [1.165, 1.54) is 20.4 Å². The smallest absolute Gasteiger partial charge is 0.343 e. The molecule has 0 radical (unpaired) electrons. The molecule has 0 saturated carbocycles. The maximum Gasteiger partial charge on any atom is 0.343 e. The molecule has 0 spiro atoms. The van der Waals surface area contributed by atoms with Crippen molar-refractivity contribution in [3.63, 3.8) is 0 Å². The molecule has 3 aromatic carbocycles. The first-order chi connectivity index (χ1) is 17.0. The van der Waals surface area contributed by atoms with E-state index in [1.54, 1.807) is 54.6 Å². The van der Waals surface area contributed by atoms with Crippen LogP contribution in [0.4, 0.5) is 0 Å². The summed E-state index contributed by atoms with van der Waals surface area (Å²) in [5, 5.41) is 3.93. The zero-order valence-corrected chi connectivity index (χ0v) is 19.5. The molecular weight excluding hydrogens is 448 g/mol. The van der Waals surface area contributed by atoms with Crippen molar-refractivity contribution in [1.82, 2.24) is 5.43 Å². The number of nitrogens with zero attached hydrogens (tertiary/aromatic N) is 1. The number of para-hydroxylation sites is 1. The zero-order valence-electron chi connectivity index (χ0n) is 19.5. The second kappa shape index (κ2) is 12.6. The summed E-state index contributed by atoms with van der Waals surface area (Å²) in [5.41, 5.74) is 4.40. The fourth-order valence-electron chi connectivity index (χ4n) is 3.07. The van der Waals surface area contributed by atoms with Crippen LogP contribution in [0, 0.1) is 0 Å². The van der Waals surface area contributed by atoms with Crippen LogP contribution in [0.2, 0.25) is 0 Å². The van der Waals surface area contributed by atoms with Crippen LogP contribution in [0.5, 0.6) is 23.0 Å². The van der Waals surface area contributed by atoms with E-state index >= 15 is 0 Å². The molecule has 0 aliphatic rings. The van der Waals surface area contributed by atoms with Gasteiger partial charge in [-0.15, -0.1) is 6.58 Å². The summed E-state index contributed by atoms with van der Waals surface area (Å²) in [6.07, 6.45) is 3.90. The van der Waals surface area contributed by atoms with Crippen molar-refractivity contribution >= 4 is 18.1 Å². The molecule has 0 atom stereocenters. The maximum atomic E-state index is 12.4. The van der Waals surface area contributed by atoms with Gasteiger partial charge in [-0.2, -0.15) is 5.10 Å². The highest BCUT2D eigenvalue weighted by molar-refractivity contribution is 5.92. The van der Waals surface area contributed by atoms with Gasteiger partial charge in [0.1, 0.15) is 11.5 Å². The second-order valence-electron chi connectivity index (χ2n) is 7.21. The lowest BCUT2D eigenvalue weighted by Crippen LogP contribution is -2.24. The van der Waals surface area contributed by atoms with Gasteiger partial charge >= 0.3 is 5.97 Å². The van der Waals surface area contributed by atoms with Gasteiger partial charge < -0.3 is 18.9 Å². The summed E-state index contributed by atoms with van der Waals surface area (Å²) in [5.74, 6) is 1.01. The number of carbonyl (C=O) groups excluding carboxylic acids is 2. The molecule has 1 N–H and O–H groups in total. The Kier molecular flexibility index (Phi) is 9.01. The molecule has 0 aliphatic heterocycles. The summed E-state index contributed by atoms with van der Waals surface area (Å²) in [6.45, 7) is 3.55. The van der Waals surface area contributed by atoms with Gasteiger partial charge in [-0.1, -0.05) is 24.3 Å². The van der Waals surface area contributed by atoms with Gasteiger partial charge in [0.05, 0.1) is 26.0 Å². The van der Waals surface area contributed by atoms with Gasteiger partial charge in [0.2, 0.25) is 0 Å². The van der Waals surface area contributed by atoms with Crippen molar-refractivity contribution < 1.29 is 28.5 Å². The van der Waals surface area contributed by atoms with Crippen LogP contribution in [0.3, 0.4) is 0 Å². The molecule has 1 amide bonds. The van der Waals surface area contributed by atoms with E-state index in [-0.39, 0.29) is 6.61 Å². The van der Waals surface area contributed by atoms with Gasteiger partial charge in [-0.25, -0.2) is 10.2 Å². The van der Waals surface area contributed by atoms with E-state index < -0.39 is 11.9 Å². The number of hydrogen-bond acceptors (Lipinski definition) is 7. The number of benzene rings is 3. The van der Waals surface area contributed by atoms with Gasteiger partial charge in [0.25, 0.3) is 5.91 Å². The molecule has 0 aromatic heterocycles. The minimum absolute atomic E-state index is 0.170. The topological polar surface area (TPSA) is 95.5 Å². The lowest BCUT2D eigenvalue weighted by molar-refractivity contribution is -0.123. The predicted molar refractivity (Wildman–Crippen MR) is 133 cm³/mol. The summed E-state index contributed by atoms with van der Waals surface area (Å²) >= 11 is 0. The second-order valence-corrected chi connectivity index (χ2v) is 7.21. The average molecular weight is 475 g/mol. The van der Waals surface area contributed by atoms with Crippen LogP contribution in [-0.4, -0.2) is 38.9 Å². The number of rotatable bonds is 11. The van der Waals surface area contributed by atoms with E-state index in [0.717, 1.165) is 5.56 Å². The highest BCUT2D eigenvalue weighted by Crippen LogP contribution is 2.28. The molecule has 0 fully saturated rings. The van der Waals surface area contributed by atoms with Crippen LogP contribution >= 0.6 is 0 Å². The zero-order chi connectivity index (χ0) is 25.0. The van der Waals surface area contributed by atoms with Crippen molar-refractivity contribution in [2.24, 2.45) is 5.10 Å². The van der Waals surface area contributed by atoms with Gasteiger partial charge in [-0.3, -0.25) is 4.79 Å². The Hall–Kier alpha value is -4.59. The molecule has 35 heavy (non-hydrogen) atoms. The number of hydrogen-bond donors (Lipinski definition) is 1. The lowest BCUT2D eigenvalue weighted by Gasteiger charge is -2.09. The van der Waals surface area contributed by atoms with E-state index in [1.807, 2.05) is 18.2 Å². The van der Waals surface area contributed by atoms with Crippen LogP contribution in [-0.2, 0) is 11.2 Å². The van der Waals surface area contributed by atoms with E-state index in [4.69, 9.17) is 18.9 Å². The minimum Gasteiger partial charge on any atom is -0.493 e. The van der Waals surface area contributed by atoms with Gasteiger partial charge in [-0.05, 0) is 66.1 Å². The van der Waals surface area contributed by atoms with Gasteiger partial charge in [0, 0.05) is 0 Å². The van der Waals surface area contributed by atoms with Crippen molar-refractivity contribution in [2.75, 3.05) is 20.8 Å². The third-order valence-corrected chi connectivity index (χ3v) is 4.81. The Bertz CT molecular complexity index is 1200. The van der Waals surface area contributed by atoms with Gasteiger partial charge in [0.15, 0.2) is 18.1 Å². The van der Waals surface area contributed by atoms with Crippen molar-refractivity contribution in [2.45, 2.75) is 6.42 Å². The Morgan fingerprint density at radius 2 is 1.69 bits per heavy atom. The molecule has 0 aliphatic carbocycles. The number of allylic oxidation sites excluding steroid dienone is 1. The molecule has 0 bridgehead atoms. The van der Waals surface area contributed by atoms with Crippen molar-refractivity contribution in [3.8, 4) is 23.0 Å². The summed E-state index contributed by atoms with van der Waals surface area (Å²) in [7, 11) is 3.01. The summed E-state index contributed by atoms with van der Waals surface area (Å²) in [4.78, 5) is 24.5. The van der Waals surface area contributed by atoms with E-state index in [9.17, 15) is 9.59 Å². The molecule has 8 heteroatoms. The lowest BCUT2D eigenvalue weighted by atomic mass is 10.1. The first kappa shape index (κ1) is 25.0. The first-order valence-corrected chi connectivity index (χ1v) is 10.7. The monoisotopic (exact) mass is 474 g/mol.